The molecule has 0 bridgehead atoms. The number of carbonyl (C=O) groups excluding carboxylic acids is 15. The van der Waals surface area contributed by atoms with Crippen LogP contribution in [0.4, 0.5) is 0 Å². The number of rotatable bonds is 41. The van der Waals surface area contributed by atoms with Crippen molar-refractivity contribution in [1.82, 2.24) is 113 Å². The predicted octanol–water partition coefficient (Wildman–Crippen LogP) is -5.59. The summed E-state index contributed by atoms with van der Waals surface area (Å²) in [6.45, 7) is 2.35. The number of aromatic nitrogens is 5. The lowest BCUT2D eigenvalue weighted by atomic mass is 9.97. The number of carboxylic acids is 6. The maximum absolute atomic E-state index is 15.5. The van der Waals surface area contributed by atoms with E-state index in [1.54, 1.807) is 85.9 Å². The summed E-state index contributed by atoms with van der Waals surface area (Å²) >= 11 is 0. The Morgan fingerprint density at radius 1 is 0.463 bits per heavy atom. The highest BCUT2D eigenvalue weighted by Gasteiger charge is 2.44. The molecule has 3 fully saturated rings. The number of primary amides is 2. The Morgan fingerprint density at radius 2 is 0.905 bits per heavy atom. The molecule has 10 rings (SSSR count). The van der Waals surface area contributed by atoms with Gasteiger partial charge in [0.05, 0.1) is 63.6 Å². The summed E-state index contributed by atoms with van der Waals surface area (Å²) in [6, 6.07) is -4.24. The third kappa shape index (κ3) is 34.3. The van der Waals surface area contributed by atoms with Crippen molar-refractivity contribution in [1.29, 1.82) is 0 Å². The van der Waals surface area contributed by atoms with E-state index in [4.69, 9.17) is 11.5 Å². The number of fused-ring (bicyclic) bond motifs is 3. The topological polar surface area (TPSA) is 789 Å². The second-order valence-electron chi connectivity index (χ2n) is 36.0. The number of hydrogen-bond donors (Lipinski definition) is 25. The van der Waals surface area contributed by atoms with Crippen LogP contribution in [0.25, 0.3) is 32.7 Å². The Bertz CT molecular complexity index is 5910. The van der Waals surface area contributed by atoms with Gasteiger partial charge in [-0.05, 0) is 67.0 Å². The van der Waals surface area contributed by atoms with Crippen molar-refractivity contribution in [3.63, 3.8) is 0 Å². The predicted molar refractivity (Wildman–Crippen MR) is 525 cm³/mol. The highest BCUT2D eigenvalue weighted by molar-refractivity contribution is 8.76. The number of hydrogen-bond acceptors (Lipinski definition) is 29. The van der Waals surface area contributed by atoms with Gasteiger partial charge in [-0.3, -0.25) is 111 Å². The number of aliphatic hydroxyl groups excluding tert-OH is 1. The first kappa shape index (κ1) is 114. The van der Waals surface area contributed by atoms with Crippen LogP contribution in [-0.4, -0.2) is 391 Å². The van der Waals surface area contributed by atoms with Crippen molar-refractivity contribution < 1.29 is 136 Å². The van der Waals surface area contributed by atoms with Crippen molar-refractivity contribution >= 4 is 179 Å². The number of carboxylic acid groups (broad SMARTS) is 6. The number of aliphatic carboxylic acids is 6. The number of nitrogens with one attached hydrogen (secondary N) is 16. The number of benzene rings is 3. The number of H-pyrrole nitrogens is 4. The van der Waals surface area contributed by atoms with Crippen molar-refractivity contribution in [2.45, 2.75) is 182 Å². The van der Waals surface area contributed by atoms with E-state index in [0.29, 0.717) is 71.0 Å². The van der Waals surface area contributed by atoms with Crippen molar-refractivity contribution in [3.05, 3.63) is 126 Å². The summed E-state index contributed by atoms with van der Waals surface area (Å²) in [5.74, 6) is -28.8. The molecule has 0 unspecified atom stereocenters. The fourth-order valence-electron chi connectivity index (χ4n) is 17.1. The van der Waals surface area contributed by atoms with Crippen LogP contribution in [0.1, 0.15) is 94.5 Å². The monoisotopic (exact) mass is 2090 g/mol. The normalized spacial score (nSPS) is 20.9. The van der Waals surface area contributed by atoms with E-state index in [2.05, 4.69) is 88.7 Å². The minimum Gasteiger partial charge on any atom is -0.481 e. The van der Waals surface area contributed by atoms with Crippen LogP contribution < -0.4 is 75.3 Å². The zero-order chi connectivity index (χ0) is 107. The maximum atomic E-state index is 15.5. The minimum absolute atomic E-state index is 0.00377. The van der Waals surface area contributed by atoms with Gasteiger partial charge in [-0.2, -0.15) is 0 Å². The molecule has 54 heteroatoms. The molecule has 0 saturated carbocycles. The molecule has 3 saturated heterocycles. The lowest BCUT2D eigenvalue weighted by molar-refractivity contribution is -0.149. The molecule has 3 aromatic carbocycles. The number of nitrogens with two attached hydrogens (primary N) is 2. The average Bonchev–Trinajstić information content (AvgIpc) is 1.90. The Labute approximate surface area is 846 Å². The molecule has 52 nitrogen and oxygen atoms in total. The highest BCUT2D eigenvalue weighted by atomic mass is 33.1. The molecular formula is C93H122N24O28S2. The van der Waals surface area contributed by atoms with Gasteiger partial charge in [0.1, 0.15) is 78.5 Å². The van der Waals surface area contributed by atoms with Gasteiger partial charge in [0.25, 0.3) is 0 Å². The van der Waals surface area contributed by atoms with Crippen molar-refractivity contribution in [2.75, 3.05) is 96.6 Å². The van der Waals surface area contributed by atoms with Gasteiger partial charge in [-0.15, -0.1) is 0 Å². The number of carbonyl (C=O) groups is 21. The summed E-state index contributed by atoms with van der Waals surface area (Å²) in [5, 5.41) is 103. The van der Waals surface area contributed by atoms with Gasteiger partial charge >= 0.3 is 35.8 Å². The van der Waals surface area contributed by atoms with E-state index in [0.717, 1.165) is 11.8 Å². The summed E-state index contributed by atoms with van der Waals surface area (Å²) in [7, 11) is 1.28. The molecule has 15 amide bonds. The van der Waals surface area contributed by atoms with Gasteiger partial charge < -0.3 is 136 Å². The lowest BCUT2D eigenvalue weighted by Crippen LogP contribution is -2.63. The molecule has 7 heterocycles. The number of amides is 15. The Balaban J connectivity index is 0.950. The number of imidazole rings is 1. The molecule has 7 aromatic rings. The second-order valence-corrected chi connectivity index (χ2v) is 38.5. The van der Waals surface area contributed by atoms with E-state index in [1.807, 2.05) is 0 Å². The fourth-order valence-corrected chi connectivity index (χ4v) is 19.4. The molecule has 0 spiro atoms. The van der Waals surface area contributed by atoms with E-state index in [9.17, 15) is 98.1 Å². The van der Waals surface area contributed by atoms with E-state index >= 15 is 38.4 Å². The van der Waals surface area contributed by atoms with Crippen LogP contribution in [0.2, 0.25) is 0 Å². The standard InChI is InChI=1S/C93H122N24O28S2/c1-4-48(2)79(111-90(140)80(49(3)118)112-86(136)61(30-50-37-97-57-15-8-5-12-54(50)57)102-73(121)20-19-60(92(142)143)101-74(122)41-113-22-24-114(42-76(125)126)26-28-116(44-78(129)130)29-27-115(25-23-113)43-77(127)128)89(139)110-69-46-147-146-45-68(88(138)108-67(91(141)117-21-11-18-70(117)93(144)145)32-52-39-99-59-17-10-7-14-56(52)59)109-85(135)66(36-75(123)124)107-82(132)63(33-53-40-96-47-100-53)104-81(131)62(31-51-38-98-58-16-9-6-13-55(51)58)103-83(133)64(34-71(94)119)105-84(134)65(35-72(95)120)106-87(69)137/h5-10,12-17,37-40,47-49,60-70,79-80,97-99,118H,4,11,18-36,41-46H2,1-3H3,(H2,94,119)(H2,95,120)(H,96,100)(H,101,122)(H,102,121)(H,103,133)(H,104,131)(H,105,134)(H,106,137)(H,107,132)(H,108,138)(H,109,135)(H,110,139)(H,111,140)(H,112,136)(H,123,124)(H,125,126)(H,127,128)(H,129,130)(H,142,143)(H,144,145)/t48-,49+,60-,61-,62-,63-,64-,65-,66-,67-,68-,69-,70-,79-,80-/m0/s1. The minimum atomic E-state index is -2.18. The van der Waals surface area contributed by atoms with Crippen LogP contribution >= 0.6 is 21.6 Å². The van der Waals surface area contributed by atoms with Gasteiger partial charge in [-0.25, -0.2) is 14.6 Å². The first-order valence-corrected chi connectivity index (χ1v) is 49.7. The van der Waals surface area contributed by atoms with Gasteiger partial charge in [0.2, 0.25) is 88.6 Å². The average molecular weight is 2090 g/mol. The SMILES string of the molecule is CC[C@H](C)[C@H](NC(=O)[C@@H](NC(=O)[C@H](Cc1c[nH]c2ccccc12)NC(=O)CC[C@H](NC(=O)CN1CCN(CC(=O)O)CCN(CC(=O)O)CCN(CC(=O)O)CC1)C(=O)O)[C@@H](C)O)C(=O)N[C@H]1CSSC[C@@H](C(=O)N[C@@H](Cc2c[nH]c3ccccc23)C(=O)N2CCC[C@H]2C(=O)O)NC(=O)[C@H](CC(=O)O)NC(=O)[C@H](Cc2c[nH]cn2)NC(=O)[C@H](Cc2c[nH]c3ccccc23)NC(=O)[C@H](CC(N)=O)NC(=O)[C@H](CC(N)=O)NC1=O. The van der Waals surface area contributed by atoms with Crippen LogP contribution in [0.15, 0.2) is 104 Å². The van der Waals surface area contributed by atoms with Crippen molar-refractivity contribution in [3.8, 4) is 0 Å². The third-order valence-corrected chi connectivity index (χ3v) is 27.5. The van der Waals surface area contributed by atoms with E-state index < -0.39 is 298 Å². The summed E-state index contributed by atoms with van der Waals surface area (Å²) in [4.78, 5) is 319. The first-order valence-electron chi connectivity index (χ1n) is 47.2. The quantitative estimate of drug-likeness (QED) is 0.0159. The number of aliphatic hydroxyl groups is 1. The first-order chi connectivity index (χ1) is 70.0. The summed E-state index contributed by atoms with van der Waals surface area (Å²) in [5.41, 5.74) is 14.4. The molecular weight excluding hydrogens is 1970 g/mol. The lowest BCUT2D eigenvalue weighted by Gasteiger charge is -2.33. The molecule has 0 radical (unpaired) electrons. The van der Waals surface area contributed by atoms with Crippen LogP contribution in [0.5, 0.6) is 0 Å². The van der Waals surface area contributed by atoms with Gasteiger partial charge in [-0.1, -0.05) is 96.5 Å². The number of aromatic amines is 4. The Hall–Kier alpha value is -15.1. The molecule has 147 heavy (non-hydrogen) atoms. The maximum Gasteiger partial charge on any atom is 0.326 e. The zero-order valence-corrected chi connectivity index (χ0v) is 82.1. The number of nitrogens with zero attached hydrogens (tertiary/aromatic N) is 6. The van der Waals surface area contributed by atoms with E-state index in [1.165, 1.54) is 51.4 Å². The second kappa shape index (κ2) is 54.7. The summed E-state index contributed by atoms with van der Waals surface area (Å²) in [6.07, 6.45) is -0.954. The van der Waals surface area contributed by atoms with Gasteiger partial charge in [0, 0.05) is 160 Å². The van der Waals surface area contributed by atoms with Gasteiger partial charge in [0.15, 0.2) is 0 Å². The Kier molecular flexibility index (Phi) is 42.3. The molecule has 794 valence electrons. The largest absolute Gasteiger partial charge is 0.481 e. The summed E-state index contributed by atoms with van der Waals surface area (Å²) < 4.78 is 0. The van der Waals surface area contributed by atoms with Crippen LogP contribution in [-0.2, 0) is 126 Å². The zero-order valence-electron chi connectivity index (χ0n) is 80.4. The Morgan fingerprint density at radius 3 is 1.38 bits per heavy atom. The molecule has 27 N–H and O–H groups in total. The number of para-hydroxylation sites is 3. The molecule has 4 aromatic heterocycles. The van der Waals surface area contributed by atoms with Crippen LogP contribution in [0.3, 0.4) is 0 Å². The smallest absolute Gasteiger partial charge is 0.326 e. The molecule has 0 aliphatic carbocycles. The molecule has 15 atom stereocenters. The molecule has 3 aliphatic heterocycles. The highest BCUT2D eigenvalue weighted by Crippen LogP contribution is 2.29. The third-order valence-electron chi connectivity index (χ3n) is 25.0. The van der Waals surface area contributed by atoms with Crippen molar-refractivity contribution in [2.24, 2.45) is 17.4 Å². The van der Waals surface area contributed by atoms with Crippen LogP contribution in [0, 0.1) is 5.92 Å². The fraction of sp³-hybridized carbons (Fsp3) is 0.484. The van der Waals surface area contributed by atoms with E-state index in [-0.39, 0.29) is 96.7 Å². The number of likely N-dealkylation sites (tertiary alicyclic amines) is 1. The molecule has 3 aliphatic rings.